The standard InChI is InChI=1S/C39H43FN2O4/c1-23-18-32(40)13-11-30(23)21-42-16-15-26-19-28(9-10-31(26)22-42)34-24(2)41-25(3)35(37(38(43)44)46-39(4,5)6)36(34)29-12-14-33-27(20-29)8-7-17-45-33/h9-14,18-20,37H,7-8,15-17,21-22H2,1-6H3,(H,43,44)/t37-/m0/s1. The molecule has 0 aliphatic carbocycles. The van der Waals surface area contributed by atoms with Gasteiger partial charge in [-0.2, -0.15) is 0 Å². The Kier molecular flexibility index (Phi) is 8.75. The quantitative estimate of drug-likeness (QED) is 0.224. The number of benzene rings is 3. The summed E-state index contributed by atoms with van der Waals surface area (Å²) in [5.41, 5.74) is 10.9. The third-order valence-corrected chi connectivity index (χ3v) is 9.05. The SMILES string of the molecule is Cc1cc(F)ccc1CN1CCc2cc(-c3c(C)nc(C)c([C@H](OC(C)(C)C)C(=O)O)c3-c3ccc4c(c3)CCCO4)ccc2C1. The Morgan fingerprint density at radius 2 is 1.70 bits per heavy atom. The smallest absolute Gasteiger partial charge is 0.337 e. The van der Waals surface area contributed by atoms with Crippen LogP contribution >= 0.6 is 0 Å². The van der Waals surface area contributed by atoms with Crippen LogP contribution in [-0.4, -0.2) is 39.7 Å². The molecule has 0 fully saturated rings. The minimum Gasteiger partial charge on any atom is -0.493 e. The number of rotatable bonds is 7. The number of ether oxygens (including phenoxy) is 2. The first-order valence-corrected chi connectivity index (χ1v) is 16.2. The number of halogens is 1. The van der Waals surface area contributed by atoms with E-state index < -0.39 is 17.7 Å². The zero-order valence-electron chi connectivity index (χ0n) is 27.7. The molecule has 2 aliphatic rings. The van der Waals surface area contributed by atoms with Crippen molar-refractivity contribution < 1.29 is 23.8 Å². The summed E-state index contributed by atoms with van der Waals surface area (Å²) < 4.78 is 25.9. The third-order valence-electron chi connectivity index (χ3n) is 9.05. The first-order valence-electron chi connectivity index (χ1n) is 16.2. The molecular weight excluding hydrogens is 579 g/mol. The number of aromatic nitrogens is 1. The molecule has 0 unspecified atom stereocenters. The summed E-state index contributed by atoms with van der Waals surface area (Å²) >= 11 is 0. The second-order valence-corrected chi connectivity index (χ2v) is 13.7. The highest BCUT2D eigenvalue weighted by Gasteiger charge is 2.34. The number of hydrogen-bond donors (Lipinski definition) is 1. The molecule has 1 atom stereocenters. The Morgan fingerprint density at radius 1 is 0.957 bits per heavy atom. The summed E-state index contributed by atoms with van der Waals surface area (Å²) in [7, 11) is 0. The number of nitrogens with zero attached hydrogens (tertiary/aromatic N) is 2. The van der Waals surface area contributed by atoms with Crippen LogP contribution in [-0.2, 0) is 35.5 Å². The van der Waals surface area contributed by atoms with Crippen molar-refractivity contribution in [2.45, 2.75) is 85.6 Å². The average Bonchev–Trinajstić information content (AvgIpc) is 3.00. The fraction of sp³-hybridized carbons (Fsp3) is 0.385. The number of aryl methyl sites for hydroxylation is 4. The zero-order chi connectivity index (χ0) is 32.7. The van der Waals surface area contributed by atoms with E-state index in [1.165, 1.54) is 17.2 Å². The first kappa shape index (κ1) is 31.9. The van der Waals surface area contributed by atoms with Gasteiger partial charge >= 0.3 is 5.97 Å². The molecule has 0 spiro atoms. The lowest BCUT2D eigenvalue weighted by molar-refractivity contribution is -0.160. The lowest BCUT2D eigenvalue weighted by Crippen LogP contribution is -2.30. The molecule has 0 bridgehead atoms. The molecule has 7 heteroatoms. The first-order chi connectivity index (χ1) is 21.9. The molecule has 4 aromatic rings. The molecule has 3 heterocycles. The van der Waals surface area contributed by atoms with Gasteiger partial charge in [0.2, 0.25) is 0 Å². The molecule has 0 saturated heterocycles. The second-order valence-electron chi connectivity index (χ2n) is 13.7. The number of carboxylic acids is 1. The monoisotopic (exact) mass is 622 g/mol. The number of fused-ring (bicyclic) bond motifs is 2. The van der Waals surface area contributed by atoms with E-state index in [0.717, 1.165) is 89.3 Å². The van der Waals surface area contributed by atoms with Crippen LogP contribution in [0.15, 0.2) is 54.6 Å². The van der Waals surface area contributed by atoms with Crippen molar-refractivity contribution in [1.29, 1.82) is 0 Å². The van der Waals surface area contributed by atoms with Gasteiger partial charge in [-0.15, -0.1) is 0 Å². The summed E-state index contributed by atoms with van der Waals surface area (Å²) in [4.78, 5) is 20.2. The molecule has 1 aromatic heterocycles. The van der Waals surface area contributed by atoms with Crippen molar-refractivity contribution in [3.05, 3.63) is 105 Å². The van der Waals surface area contributed by atoms with E-state index in [1.807, 2.05) is 59.7 Å². The van der Waals surface area contributed by atoms with Crippen LogP contribution in [0.1, 0.15) is 78.1 Å². The van der Waals surface area contributed by atoms with E-state index >= 15 is 0 Å². The third kappa shape index (κ3) is 6.58. The summed E-state index contributed by atoms with van der Waals surface area (Å²) in [6.07, 6.45) is 1.53. The molecule has 0 amide bonds. The highest BCUT2D eigenvalue weighted by molar-refractivity contribution is 5.91. The predicted molar refractivity (Wildman–Crippen MR) is 179 cm³/mol. The normalized spacial score (nSPS) is 15.5. The van der Waals surface area contributed by atoms with E-state index in [0.29, 0.717) is 17.9 Å². The van der Waals surface area contributed by atoms with Crippen molar-refractivity contribution in [3.8, 4) is 28.0 Å². The minimum atomic E-state index is -1.20. The number of carbonyl (C=O) groups is 1. The highest BCUT2D eigenvalue weighted by Crippen LogP contribution is 2.44. The topological polar surface area (TPSA) is 71.9 Å². The second kappa shape index (κ2) is 12.6. The highest BCUT2D eigenvalue weighted by atomic mass is 19.1. The van der Waals surface area contributed by atoms with Crippen molar-refractivity contribution >= 4 is 5.97 Å². The number of aliphatic carboxylic acids is 1. The Balaban J connectivity index is 1.46. The summed E-state index contributed by atoms with van der Waals surface area (Å²) in [6.45, 7) is 14.6. The Labute approximate surface area is 271 Å². The lowest BCUT2D eigenvalue weighted by Gasteiger charge is -2.31. The van der Waals surface area contributed by atoms with Crippen LogP contribution in [0.4, 0.5) is 4.39 Å². The van der Waals surface area contributed by atoms with Gasteiger partial charge in [0.05, 0.1) is 12.2 Å². The summed E-state index contributed by atoms with van der Waals surface area (Å²) in [6, 6.07) is 17.8. The fourth-order valence-corrected chi connectivity index (χ4v) is 6.92. The molecule has 0 radical (unpaired) electrons. The zero-order valence-corrected chi connectivity index (χ0v) is 27.7. The molecule has 240 valence electrons. The van der Waals surface area contributed by atoms with Gasteiger partial charge in [-0.1, -0.05) is 30.3 Å². The minimum absolute atomic E-state index is 0.204. The van der Waals surface area contributed by atoms with E-state index in [-0.39, 0.29) is 5.82 Å². The van der Waals surface area contributed by atoms with Gasteiger partial charge in [0.15, 0.2) is 6.10 Å². The maximum atomic E-state index is 13.7. The van der Waals surface area contributed by atoms with Gasteiger partial charge in [-0.05, 0) is 130 Å². The van der Waals surface area contributed by atoms with E-state index in [4.69, 9.17) is 14.5 Å². The van der Waals surface area contributed by atoms with Crippen LogP contribution in [0.2, 0.25) is 0 Å². The van der Waals surface area contributed by atoms with Gasteiger partial charge in [0.1, 0.15) is 11.6 Å². The van der Waals surface area contributed by atoms with Crippen LogP contribution in [0.3, 0.4) is 0 Å². The van der Waals surface area contributed by atoms with Gasteiger partial charge in [0, 0.05) is 42.1 Å². The van der Waals surface area contributed by atoms with Crippen LogP contribution in [0, 0.1) is 26.6 Å². The Morgan fingerprint density at radius 3 is 2.43 bits per heavy atom. The van der Waals surface area contributed by atoms with E-state index in [1.54, 1.807) is 6.07 Å². The van der Waals surface area contributed by atoms with E-state index in [2.05, 4.69) is 29.2 Å². The molecule has 2 aliphatic heterocycles. The van der Waals surface area contributed by atoms with Crippen molar-refractivity contribution in [2.75, 3.05) is 13.2 Å². The largest absolute Gasteiger partial charge is 0.493 e. The maximum Gasteiger partial charge on any atom is 0.337 e. The van der Waals surface area contributed by atoms with Crippen molar-refractivity contribution in [1.82, 2.24) is 9.88 Å². The van der Waals surface area contributed by atoms with Crippen LogP contribution < -0.4 is 4.74 Å². The van der Waals surface area contributed by atoms with Gasteiger partial charge in [-0.3, -0.25) is 9.88 Å². The predicted octanol–water partition coefficient (Wildman–Crippen LogP) is 8.30. The number of carboxylic acid groups (broad SMARTS) is 1. The molecule has 6 rings (SSSR count). The van der Waals surface area contributed by atoms with E-state index in [9.17, 15) is 14.3 Å². The Hall–Kier alpha value is -4.07. The summed E-state index contributed by atoms with van der Waals surface area (Å²) in [5, 5.41) is 10.5. The van der Waals surface area contributed by atoms with Gasteiger partial charge in [0.25, 0.3) is 0 Å². The van der Waals surface area contributed by atoms with Crippen molar-refractivity contribution in [2.24, 2.45) is 0 Å². The van der Waals surface area contributed by atoms with Crippen molar-refractivity contribution in [3.63, 3.8) is 0 Å². The molecule has 1 N–H and O–H groups in total. The van der Waals surface area contributed by atoms with Gasteiger partial charge in [-0.25, -0.2) is 9.18 Å². The maximum absolute atomic E-state index is 13.7. The van der Waals surface area contributed by atoms with Crippen LogP contribution in [0.5, 0.6) is 5.75 Å². The molecule has 46 heavy (non-hydrogen) atoms. The molecule has 0 saturated carbocycles. The number of pyridine rings is 1. The Bertz CT molecular complexity index is 1810. The molecule has 3 aromatic carbocycles. The average molecular weight is 623 g/mol. The fourth-order valence-electron chi connectivity index (χ4n) is 6.92. The number of hydrogen-bond acceptors (Lipinski definition) is 5. The summed E-state index contributed by atoms with van der Waals surface area (Å²) in [5.74, 6) is -0.362. The lowest BCUT2D eigenvalue weighted by atomic mass is 9.84. The van der Waals surface area contributed by atoms with Crippen LogP contribution in [0.25, 0.3) is 22.3 Å². The molecular formula is C39H43FN2O4. The molecule has 6 nitrogen and oxygen atoms in total. The van der Waals surface area contributed by atoms with Gasteiger partial charge < -0.3 is 14.6 Å².